The van der Waals surface area contributed by atoms with Crippen LogP contribution >= 0.6 is 11.6 Å². The summed E-state index contributed by atoms with van der Waals surface area (Å²) in [6, 6.07) is 11.1. The van der Waals surface area contributed by atoms with Crippen LogP contribution in [-0.2, 0) is 6.42 Å². The van der Waals surface area contributed by atoms with Gasteiger partial charge in [0.25, 0.3) is 0 Å². The van der Waals surface area contributed by atoms with E-state index < -0.39 is 0 Å². The molecule has 0 aliphatic heterocycles. The first-order valence-electron chi connectivity index (χ1n) is 6.44. The highest BCUT2D eigenvalue weighted by Gasteiger charge is 2.12. The van der Waals surface area contributed by atoms with E-state index in [1.807, 2.05) is 44.2 Å². The molecule has 2 aromatic rings. The van der Waals surface area contributed by atoms with Crippen LogP contribution in [0.4, 0.5) is 0 Å². The van der Waals surface area contributed by atoms with Crippen LogP contribution in [0, 0.1) is 13.8 Å². The SMILES string of the molecule is COc1c(C)cc(C(=O)Cc2cccc(Cl)c2)cc1C. The second-order valence-corrected chi connectivity index (χ2v) is 5.31. The van der Waals surface area contributed by atoms with Crippen LogP contribution in [0.15, 0.2) is 36.4 Å². The Bertz CT molecular complexity index is 624. The van der Waals surface area contributed by atoms with Gasteiger partial charge in [-0.2, -0.15) is 0 Å². The summed E-state index contributed by atoms with van der Waals surface area (Å²) in [4.78, 5) is 12.3. The maximum absolute atomic E-state index is 12.3. The molecule has 0 bridgehead atoms. The predicted molar refractivity (Wildman–Crippen MR) is 82.0 cm³/mol. The number of rotatable bonds is 4. The van der Waals surface area contributed by atoms with Crippen molar-refractivity contribution in [1.82, 2.24) is 0 Å². The Morgan fingerprint density at radius 3 is 2.35 bits per heavy atom. The summed E-state index contributed by atoms with van der Waals surface area (Å²) in [7, 11) is 1.64. The summed E-state index contributed by atoms with van der Waals surface area (Å²) in [5.41, 5.74) is 3.58. The molecule has 0 aliphatic rings. The maximum Gasteiger partial charge on any atom is 0.167 e. The normalized spacial score (nSPS) is 10.4. The largest absolute Gasteiger partial charge is 0.496 e. The minimum Gasteiger partial charge on any atom is -0.496 e. The molecule has 20 heavy (non-hydrogen) atoms. The van der Waals surface area contributed by atoms with Crippen LogP contribution < -0.4 is 4.74 Å². The van der Waals surface area contributed by atoms with Crippen LogP contribution in [0.2, 0.25) is 5.02 Å². The summed E-state index contributed by atoms with van der Waals surface area (Å²) < 4.78 is 5.32. The molecular weight excluding hydrogens is 272 g/mol. The van der Waals surface area contributed by atoms with Crippen molar-refractivity contribution in [2.45, 2.75) is 20.3 Å². The zero-order chi connectivity index (χ0) is 14.7. The Labute approximate surface area is 124 Å². The number of halogens is 1. The summed E-state index contributed by atoms with van der Waals surface area (Å²) in [6.45, 7) is 3.89. The lowest BCUT2D eigenvalue weighted by Crippen LogP contribution is -2.05. The van der Waals surface area contributed by atoms with Gasteiger partial charge in [-0.05, 0) is 54.8 Å². The Morgan fingerprint density at radius 2 is 1.80 bits per heavy atom. The molecule has 0 spiro atoms. The van der Waals surface area contributed by atoms with Crippen LogP contribution in [0.5, 0.6) is 5.75 Å². The van der Waals surface area contributed by atoms with Crippen molar-refractivity contribution in [2.75, 3.05) is 7.11 Å². The first kappa shape index (κ1) is 14.6. The predicted octanol–water partition coefficient (Wildman–Crippen LogP) is 4.39. The zero-order valence-electron chi connectivity index (χ0n) is 11.9. The van der Waals surface area contributed by atoms with Crippen LogP contribution in [0.25, 0.3) is 0 Å². The lowest BCUT2D eigenvalue weighted by atomic mass is 9.99. The van der Waals surface area contributed by atoms with Crippen molar-refractivity contribution >= 4 is 17.4 Å². The van der Waals surface area contributed by atoms with Gasteiger partial charge >= 0.3 is 0 Å². The van der Waals surface area contributed by atoms with Crippen molar-refractivity contribution in [3.63, 3.8) is 0 Å². The fourth-order valence-corrected chi connectivity index (χ4v) is 2.58. The molecule has 0 amide bonds. The third kappa shape index (κ3) is 3.20. The summed E-state index contributed by atoms with van der Waals surface area (Å²) in [6.07, 6.45) is 0.353. The molecule has 3 heteroatoms. The number of Topliss-reactive ketones (excluding diaryl/α,β-unsaturated/α-hetero) is 1. The number of hydrogen-bond donors (Lipinski definition) is 0. The molecule has 0 radical (unpaired) electrons. The zero-order valence-corrected chi connectivity index (χ0v) is 12.6. The van der Waals surface area contributed by atoms with E-state index in [0.717, 1.165) is 22.4 Å². The van der Waals surface area contributed by atoms with Crippen LogP contribution in [0.3, 0.4) is 0 Å². The molecule has 2 nitrogen and oxygen atoms in total. The van der Waals surface area contributed by atoms with Crippen molar-refractivity contribution in [1.29, 1.82) is 0 Å². The highest BCUT2D eigenvalue weighted by atomic mass is 35.5. The number of ether oxygens (including phenoxy) is 1. The van der Waals surface area contributed by atoms with Crippen molar-refractivity contribution < 1.29 is 9.53 Å². The maximum atomic E-state index is 12.3. The van der Waals surface area contributed by atoms with Gasteiger partial charge < -0.3 is 4.74 Å². The molecule has 0 unspecified atom stereocenters. The number of carbonyl (C=O) groups excluding carboxylic acids is 1. The average molecular weight is 289 g/mol. The van der Waals surface area contributed by atoms with Crippen molar-refractivity contribution in [2.24, 2.45) is 0 Å². The lowest BCUT2D eigenvalue weighted by molar-refractivity contribution is 0.0993. The van der Waals surface area contributed by atoms with E-state index in [4.69, 9.17) is 16.3 Å². The number of ketones is 1. The number of carbonyl (C=O) groups is 1. The van der Waals surface area contributed by atoms with Crippen molar-refractivity contribution in [3.05, 3.63) is 63.7 Å². The molecule has 0 aromatic heterocycles. The highest BCUT2D eigenvalue weighted by molar-refractivity contribution is 6.30. The van der Waals surface area contributed by atoms with Crippen molar-refractivity contribution in [3.8, 4) is 5.75 Å². The molecule has 0 atom stereocenters. The molecular formula is C17H17ClO2. The smallest absolute Gasteiger partial charge is 0.167 e. The molecule has 2 rings (SSSR count). The van der Waals surface area contributed by atoms with Gasteiger partial charge in [0, 0.05) is 17.0 Å². The number of aryl methyl sites for hydroxylation is 2. The van der Waals surface area contributed by atoms with Crippen LogP contribution in [-0.4, -0.2) is 12.9 Å². The second kappa shape index (κ2) is 6.10. The number of methoxy groups -OCH3 is 1. The van der Waals surface area contributed by atoms with Gasteiger partial charge in [0.15, 0.2) is 5.78 Å². The van der Waals surface area contributed by atoms with E-state index in [0.29, 0.717) is 17.0 Å². The minimum atomic E-state index is 0.0844. The Kier molecular flexibility index (Phi) is 4.46. The summed E-state index contributed by atoms with van der Waals surface area (Å²) in [5, 5.41) is 0.650. The molecule has 0 fully saturated rings. The highest BCUT2D eigenvalue weighted by Crippen LogP contribution is 2.25. The van der Waals surface area contributed by atoms with E-state index in [1.165, 1.54) is 0 Å². The Hall–Kier alpha value is -1.80. The Balaban J connectivity index is 2.26. The molecule has 104 valence electrons. The number of hydrogen-bond acceptors (Lipinski definition) is 2. The van der Waals surface area contributed by atoms with Gasteiger partial charge in [0.05, 0.1) is 7.11 Å². The molecule has 0 aliphatic carbocycles. The van der Waals surface area contributed by atoms with Gasteiger partial charge in [0.1, 0.15) is 5.75 Å². The van der Waals surface area contributed by atoms with Gasteiger partial charge in [0.2, 0.25) is 0 Å². The first-order chi connectivity index (χ1) is 9.51. The minimum absolute atomic E-state index is 0.0844. The third-order valence-corrected chi connectivity index (χ3v) is 3.48. The third-order valence-electron chi connectivity index (χ3n) is 3.24. The molecule has 0 heterocycles. The summed E-state index contributed by atoms with van der Waals surface area (Å²) in [5.74, 6) is 0.922. The van der Waals surface area contributed by atoms with E-state index in [9.17, 15) is 4.79 Å². The topological polar surface area (TPSA) is 26.3 Å². The van der Waals surface area contributed by atoms with E-state index in [2.05, 4.69) is 0 Å². The van der Waals surface area contributed by atoms with Crippen LogP contribution in [0.1, 0.15) is 27.0 Å². The second-order valence-electron chi connectivity index (χ2n) is 4.87. The van der Waals surface area contributed by atoms with Gasteiger partial charge in [-0.1, -0.05) is 23.7 Å². The quantitative estimate of drug-likeness (QED) is 0.780. The first-order valence-corrected chi connectivity index (χ1v) is 6.82. The molecule has 2 aromatic carbocycles. The average Bonchev–Trinajstić information content (AvgIpc) is 2.38. The van der Waals surface area contributed by atoms with E-state index in [-0.39, 0.29) is 5.78 Å². The summed E-state index contributed by atoms with van der Waals surface area (Å²) >= 11 is 5.94. The lowest BCUT2D eigenvalue weighted by Gasteiger charge is -2.11. The van der Waals surface area contributed by atoms with Gasteiger partial charge in [-0.15, -0.1) is 0 Å². The monoisotopic (exact) mass is 288 g/mol. The Morgan fingerprint density at radius 1 is 1.15 bits per heavy atom. The van der Waals surface area contributed by atoms with E-state index >= 15 is 0 Å². The van der Waals surface area contributed by atoms with Gasteiger partial charge in [-0.3, -0.25) is 4.79 Å². The standard InChI is InChI=1S/C17H17ClO2/c1-11-7-14(8-12(2)17(11)20-3)16(19)10-13-5-4-6-15(18)9-13/h4-9H,10H2,1-3H3. The van der Waals surface area contributed by atoms with E-state index in [1.54, 1.807) is 13.2 Å². The van der Waals surface area contributed by atoms with Gasteiger partial charge in [-0.25, -0.2) is 0 Å². The fraction of sp³-hybridized carbons (Fsp3) is 0.235. The molecule has 0 N–H and O–H groups in total. The fourth-order valence-electron chi connectivity index (χ4n) is 2.37. The molecule has 0 saturated heterocycles. The number of benzene rings is 2. The molecule has 0 saturated carbocycles.